The van der Waals surface area contributed by atoms with E-state index in [2.05, 4.69) is 130 Å². The van der Waals surface area contributed by atoms with Crippen molar-refractivity contribution in [2.75, 3.05) is 0 Å². The van der Waals surface area contributed by atoms with Gasteiger partial charge in [0.05, 0.1) is 16.7 Å². The lowest BCUT2D eigenvalue weighted by atomic mass is 9.92. The molecule has 0 radical (unpaired) electrons. The van der Waals surface area contributed by atoms with Gasteiger partial charge in [0.1, 0.15) is 11.1 Å². The van der Waals surface area contributed by atoms with Gasteiger partial charge in [-0.05, 0) is 85.9 Å². The molecule has 3 aromatic heterocycles. The summed E-state index contributed by atoms with van der Waals surface area (Å²) in [5.74, 6) is 0.842. The lowest BCUT2D eigenvalue weighted by Gasteiger charge is -2.12. The minimum atomic E-state index is 0.794. The first-order chi connectivity index (χ1) is 21.3. The Hall–Kier alpha value is -5.87. The summed E-state index contributed by atoms with van der Waals surface area (Å²) in [5.41, 5.74) is 8.05. The number of fused-ring (bicyclic) bond motifs is 13. The molecule has 0 fully saturated rings. The second-order valence-corrected chi connectivity index (χ2v) is 11.2. The van der Waals surface area contributed by atoms with Crippen LogP contribution in [0, 0.1) is 0 Å². The van der Waals surface area contributed by atoms with Crippen molar-refractivity contribution >= 4 is 71.3 Å². The Morgan fingerprint density at radius 3 is 1.91 bits per heavy atom. The molecule has 0 amide bonds. The summed E-state index contributed by atoms with van der Waals surface area (Å²) in [6.07, 6.45) is 0. The van der Waals surface area contributed by atoms with Gasteiger partial charge in [0.15, 0.2) is 0 Å². The van der Waals surface area contributed by atoms with Gasteiger partial charge in [-0.3, -0.25) is 4.40 Å². The van der Waals surface area contributed by atoms with Gasteiger partial charge in [-0.2, -0.15) is 0 Å². The van der Waals surface area contributed by atoms with E-state index in [9.17, 15) is 0 Å². The largest absolute Gasteiger partial charge is 0.437 e. The number of rotatable bonds is 2. The third-order valence-electron chi connectivity index (χ3n) is 8.90. The standard InChI is InChI=1S/C39H23N3O/c1-2-14-29-27(12-1)28-13-3-4-15-30(28)33-23-25(20-21-31(29)33)24-10-9-11-26(22-24)41-38-37(32-16-5-8-19-36(32)43-38)42-35-18-7-6-17-34(35)40-39(41)42/h1-23H. The Labute approximate surface area is 245 Å². The number of nitrogens with zero attached hydrogens (tertiary/aromatic N) is 3. The van der Waals surface area contributed by atoms with Crippen molar-refractivity contribution in [3.63, 3.8) is 0 Å². The second-order valence-electron chi connectivity index (χ2n) is 11.2. The highest BCUT2D eigenvalue weighted by atomic mass is 16.3. The molecule has 0 aliphatic rings. The fourth-order valence-electron chi connectivity index (χ4n) is 7.01. The van der Waals surface area contributed by atoms with E-state index >= 15 is 0 Å². The van der Waals surface area contributed by atoms with E-state index in [1.54, 1.807) is 0 Å². The molecule has 7 aromatic carbocycles. The molecule has 0 bridgehead atoms. The maximum absolute atomic E-state index is 6.52. The van der Waals surface area contributed by atoms with Crippen LogP contribution in [-0.4, -0.2) is 14.0 Å². The second kappa shape index (κ2) is 8.34. The summed E-state index contributed by atoms with van der Waals surface area (Å²) in [6.45, 7) is 0. The smallest absolute Gasteiger partial charge is 0.232 e. The summed E-state index contributed by atoms with van der Waals surface area (Å²) in [7, 11) is 0. The number of imidazole rings is 2. The zero-order valence-electron chi connectivity index (χ0n) is 23.0. The molecule has 4 nitrogen and oxygen atoms in total. The first-order valence-electron chi connectivity index (χ1n) is 14.6. The topological polar surface area (TPSA) is 35.4 Å². The molecule has 0 aliphatic heterocycles. The molecule has 43 heavy (non-hydrogen) atoms. The summed E-state index contributed by atoms with van der Waals surface area (Å²) < 4.78 is 10.9. The highest BCUT2D eigenvalue weighted by Crippen LogP contribution is 2.39. The first kappa shape index (κ1) is 22.8. The van der Waals surface area contributed by atoms with Gasteiger partial charge < -0.3 is 4.42 Å². The zero-order valence-corrected chi connectivity index (χ0v) is 23.0. The SMILES string of the molecule is c1cc(-c2ccc3c4ccccc4c4ccccc4c3c2)cc(-n2c3oc4ccccc4c3n3c4ccccc4nc23)c1. The Bertz CT molecular complexity index is 2620. The van der Waals surface area contributed by atoms with Gasteiger partial charge in [0, 0.05) is 5.39 Å². The lowest BCUT2D eigenvalue weighted by Crippen LogP contribution is -1.95. The van der Waals surface area contributed by atoms with Crippen LogP contribution in [0.2, 0.25) is 0 Å². The summed E-state index contributed by atoms with van der Waals surface area (Å²) >= 11 is 0. The molecule has 0 atom stereocenters. The van der Waals surface area contributed by atoms with Crippen LogP contribution in [0.3, 0.4) is 0 Å². The summed E-state index contributed by atoms with van der Waals surface area (Å²) in [6, 6.07) is 49.5. The van der Waals surface area contributed by atoms with E-state index in [-0.39, 0.29) is 0 Å². The number of hydrogen-bond donors (Lipinski definition) is 0. The van der Waals surface area contributed by atoms with Crippen LogP contribution in [0.15, 0.2) is 144 Å². The van der Waals surface area contributed by atoms with Gasteiger partial charge in [-0.25, -0.2) is 9.55 Å². The Kier molecular flexibility index (Phi) is 4.42. The minimum absolute atomic E-state index is 0.794. The highest BCUT2D eigenvalue weighted by Gasteiger charge is 2.23. The molecule has 200 valence electrons. The lowest BCUT2D eigenvalue weighted by molar-refractivity contribution is 0.645. The highest BCUT2D eigenvalue weighted by molar-refractivity contribution is 6.25. The van der Waals surface area contributed by atoms with Crippen LogP contribution in [0.5, 0.6) is 0 Å². The number of para-hydroxylation sites is 3. The van der Waals surface area contributed by atoms with E-state index in [1.807, 2.05) is 18.2 Å². The molecule has 4 heteroatoms. The third kappa shape index (κ3) is 3.07. The van der Waals surface area contributed by atoms with E-state index in [1.165, 1.54) is 37.9 Å². The number of benzene rings is 7. The van der Waals surface area contributed by atoms with Crippen molar-refractivity contribution in [1.29, 1.82) is 0 Å². The molecular weight excluding hydrogens is 526 g/mol. The van der Waals surface area contributed by atoms with Gasteiger partial charge in [0.2, 0.25) is 11.5 Å². The molecule has 0 unspecified atom stereocenters. The van der Waals surface area contributed by atoms with Gasteiger partial charge >= 0.3 is 0 Å². The Morgan fingerprint density at radius 2 is 1.12 bits per heavy atom. The fraction of sp³-hybridized carbons (Fsp3) is 0. The molecular formula is C39H23N3O. The van der Waals surface area contributed by atoms with Gasteiger partial charge in [0.25, 0.3) is 0 Å². The van der Waals surface area contributed by atoms with Crippen LogP contribution in [0.1, 0.15) is 0 Å². The number of furan rings is 1. The van der Waals surface area contributed by atoms with Crippen molar-refractivity contribution in [3.8, 4) is 16.8 Å². The molecule has 0 N–H and O–H groups in total. The first-order valence-corrected chi connectivity index (χ1v) is 14.6. The number of aromatic nitrogens is 3. The predicted molar refractivity (Wildman–Crippen MR) is 177 cm³/mol. The molecule has 10 rings (SSSR count). The van der Waals surface area contributed by atoms with Crippen molar-refractivity contribution in [1.82, 2.24) is 14.0 Å². The molecule has 0 spiro atoms. The van der Waals surface area contributed by atoms with Crippen LogP contribution >= 0.6 is 0 Å². The quantitative estimate of drug-likeness (QED) is 0.201. The van der Waals surface area contributed by atoms with Crippen LogP contribution < -0.4 is 0 Å². The molecule has 0 saturated heterocycles. The van der Waals surface area contributed by atoms with Crippen LogP contribution in [0.4, 0.5) is 0 Å². The minimum Gasteiger partial charge on any atom is -0.437 e. The van der Waals surface area contributed by atoms with Crippen molar-refractivity contribution in [2.45, 2.75) is 0 Å². The summed E-state index contributed by atoms with van der Waals surface area (Å²) in [5, 5.41) is 8.74. The van der Waals surface area contributed by atoms with E-state index < -0.39 is 0 Å². The molecule has 0 saturated carbocycles. The zero-order chi connectivity index (χ0) is 28.1. The number of hydrogen-bond acceptors (Lipinski definition) is 2. The van der Waals surface area contributed by atoms with Crippen molar-refractivity contribution in [2.24, 2.45) is 0 Å². The van der Waals surface area contributed by atoms with Gasteiger partial charge in [-0.1, -0.05) is 97.1 Å². The summed E-state index contributed by atoms with van der Waals surface area (Å²) in [4.78, 5) is 5.08. The van der Waals surface area contributed by atoms with E-state index in [0.29, 0.717) is 0 Å². The molecule has 3 heterocycles. The van der Waals surface area contributed by atoms with Crippen molar-refractivity contribution < 1.29 is 4.42 Å². The van der Waals surface area contributed by atoms with E-state index in [4.69, 9.17) is 9.40 Å². The molecule has 0 aliphatic carbocycles. The van der Waals surface area contributed by atoms with Crippen LogP contribution in [0.25, 0.3) is 88.1 Å². The average molecular weight is 550 g/mol. The Morgan fingerprint density at radius 1 is 0.488 bits per heavy atom. The predicted octanol–water partition coefficient (Wildman–Crippen LogP) is 10.3. The third-order valence-corrected chi connectivity index (χ3v) is 8.90. The van der Waals surface area contributed by atoms with Crippen LogP contribution in [-0.2, 0) is 0 Å². The Balaban J connectivity index is 1.24. The normalized spacial score (nSPS) is 12.2. The molecule has 10 aromatic rings. The van der Waals surface area contributed by atoms with Gasteiger partial charge in [-0.15, -0.1) is 0 Å². The average Bonchev–Trinajstić information content (AvgIpc) is 3.72. The maximum atomic E-state index is 6.52. The maximum Gasteiger partial charge on any atom is 0.232 e. The fourth-order valence-corrected chi connectivity index (χ4v) is 7.01. The van der Waals surface area contributed by atoms with E-state index in [0.717, 1.165) is 50.3 Å². The van der Waals surface area contributed by atoms with Crippen molar-refractivity contribution in [3.05, 3.63) is 140 Å². The monoisotopic (exact) mass is 549 g/mol.